The summed E-state index contributed by atoms with van der Waals surface area (Å²) < 4.78 is 11.1. The molecular weight excluding hydrogens is 348 g/mol. The van der Waals surface area contributed by atoms with Gasteiger partial charge in [-0.15, -0.1) is 0 Å². The highest BCUT2D eigenvalue weighted by molar-refractivity contribution is 5.76. The van der Waals surface area contributed by atoms with Crippen LogP contribution in [-0.2, 0) is 16.1 Å². The van der Waals surface area contributed by atoms with Gasteiger partial charge in [-0.1, -0.05) is 19.1 Å². The van der Waals surface area contributed by atoms with E-state index in [1.165, 1.54) is 0 Å². The van der Waals surface area contributed by atoms with E-state index in [0.29, 0.717) is 39.3 Å². The number of rotatable bonds is 8. The van der Waals surface area contributed by atoms with Gasteiger partial charge in [0.05, 0.1) is 12.5 Å². The molecular formula is C20H30N2O5. The van der Waals surface area contributed by atoms with Crippen LogP contribution in [0.1, 0.15) is 31.4 Å². The van der Waals surface area contributed by atoms with Crippen molar-refractivity contribution in [2.24, 2.45) is 11.8 Å². The van der Waals surface area contributed by atoms with Gasteiger partial charge in [0.1, 0.15) is 12.4 Å². The molecule has 2 rings (SSSR count). The molecule has 2 N–H and O–H groups in total. The van der Waals surface area contributed by atoms with E-state index in [9.17, 15) is 14.7 Å². The number of amides is 2. The van der Waals surface area contributed by atoms with E-state index < -0.39 is 11.9 Å². The van der Waals surface area contributed by atoms with Gasteiger partial charge < -0.3 is 24.8 Å². The minimum absolute atomic E-state index is 0.169. The number of urea groups is 1. The topological polar surface area (TPSA) is 88.1 Å². The maximum Gasteiger partial charge on any atom is 0.317 e. The van der Waals surface area contributed by atoms with E-state index in [1.807, 2.05) is 39.0 Å². The van der Waals surface area contributed by atoms with Gasteiger partial charge in [-0.2, -0.15) is 0 Å². The molecule has 0 radical (unpaired) electrons. The zero-order valence-corrected chi connectivity index (χ0v) is 16.4. The number of hydrogen-bond acceptors (Lipinski definition) is 4. The Balaban J connectivity index is 1.94. The molecule has 1 aromatic carbocycles. The summed E-state index contributed by atoms with van der Waals surface area (Å²) in [7, 11) is 0. The molecule has 2 amide bonds. The maximum atomic E-state index is 12.5. The number of hydrogen-bond donors (Lipinski definition) is 2. The number of aliphatic carboxylic acids is 1. The fourth-order valence-electron chi connectivity index (χ4n) is 3.28. The number of nitrogens with one attached hydrogen (secondary N) is 1. The van der Waals surface area contributed by atoms with Crippen LogP contribution in [0.25, 0.3) is 0 Å². The number of carbonyl (C=O) groups is 2. The molecule has 150 valence electrons. The molecule has 1 aromatic rings. The lowest BCUT2D eigenvalue weighted by Gasteiger charge is -2.34. The summed E-state index contributed by atoms with van der Waals surface area (Å²) in [5.74, 6) is -0.452. The first-order chi connectivity index (χ1) is 12.9. The fourth-order valence-corrected chi connectivity index (χ4v) is 3.28. The van der Waals surface area contributed by atoms with Gasteiger partial charge in [0, 0.05) is 31.8 Å². The van der Waals surface area contributed by atoms with E-state index >= 15 is 0 Å². The number of piperidine rings is 1. The molecule has 0 aliphatic carbocycles. The van der Waals surface area contributed by atoms with Gasteiger partial charge in [-0.3, -0.25) is 4.79 Å². The van der Waals surface area contributed by atoms with Crippen molar-refractivity contribution < 1.29 is 24.2 Å². The predicted molar refractivity (Wildman–Crippen MR) is 102 cm³/mol. The first-order valence-corrected chi connectivity index (χ1v) is 9.46. The molecule has 2 unspecified atom stereocenters. The van der Waals surface area contributed by atoms with Crippen molar-refractivity contribution in [3.63, 3.8) is 0 Å². The average molecular weight is 378 g/mol. The van der Waals surface area contributed by atoms with Crippen LogP contribution >= 0.6 is 0 Å². The molecule has 1 saturated heterocycles. The maximum absolute atomic E-state index is 12.5. The second-order valence-electron chi connectivity index (χ2n) is 7.10. The molecule has 0 bridgehead atoms. The molecule has 0 saturated carbocycles. The van der Waals surface area contributed by atoms with Crippen LogP contribution in [0.4, 0.5) is 4.79 Å². The number of ether oxygens (including phenoxy) is 2. The summed E-state index contributed by atoms with van der Waals surface area (Å²) in [5.41, 5.74) is 1.95. The molecule has 7 heteroatoms. The summed E-state index contributed by atoms with van der Waals surface area (Å²) in [5, 5.41) is 12.2. The molecule has 0 aromatic heterocycles. The van der Waals surface area contributed by atoms with Crippen molar-refractivity contribution in [2.75, 3.05) is 32.9 Å². The highest BCUT2D eigenvalue weighted by Crippen LogP contribution is 2.23. The number of nitrogens with zero attached hydrogens (tertiary/aromatic N) is 1. The summed E-state index contributed by atoms with van der Waals surface area (Å²) in [6.07, 6.45) is 0.606. The predicted octanol–water partition coefficient (Wildman–Crippen LogP) is 2.66. The van der Waals surface area contributed by atoms with E-state index in [1.54, 1.807) is 4.90 Å². The summed E-state index contributed by atoms with van der Waals surface area (Å²) >= 11 is 0. The highest BCUT2D eigenvalue weighted by Gasteiger charge is 2.31. The van der Waals surface area contributed by atoms with Gasteiger partial charge >= 0.3 is 12.0 Å². The smallest absolute Gasteiger partial charge is 0.317 e. The number of likely N-dealkylation sites (tertiary alicyclic amines) is 1. The molecule has 7 nitrogen and oxygen atoms in total. The normalized spacial score (nSPS) is 19.6. The standard InChI is InChI=1S/C20H30N2O5/c1-4-26-7-8-27-18-10-14(2)5-6-16(18)11-21-20(25)22-12-15(3)9-17(13-22)19(23)24/h5-6,10,15,17H,4,7-9,11-13H2,1-3H3,(H,21,25)(H,23,24). The van der Waals surface area contributed by atoms with E-state index in [2.05, 4.69) is 5.32 Å². The zero-order valence-electron chi connectivity index (χ0n) is 16.4. The first-order valence-electron chi connectivity index (χ1n) is 9.46. The highest BCUT2D eigenvalue weighted by atomic mass is 16.5. The third-order valence-electron chi connectivity index (χ3n) is 4.64. The van der Waals surface area contributed by atoms with Crippen LogP contribution in [0.3, 0.4) is 0 Å². The molecule has 1 aliphatic rings. The van der Waals surface area contributed by atoms with Crippen molar-refractivity contribution in [2.45, 2.75) is 33.7 Å². The van der Waals surface area contributed by atoms with Crippen molar-refractivity contribution >= 4 is 12.0 Å². The minimum Gasteiger partial charge on any atom is -0.491 e. The van der Waals surface area contributed by atoms with Crippen molar-refractivity contribution in [1.29, 1.82) is 0 Å². The number of carboxylic acids is 1. The van der Waals surface area contributed by atoms with Crippen LogP contribution < -0.4 is 10.1 Å². The minimum atomic E-state index is -0.845. The van der Waals surface area contributed by atoms with E-state index in [-0.39, 0.29) is 18.5 Å². The Kier molecular flexibility index (Phi) is 7.91. The Hall–Kier alpha value is -2.28. The third kappa shape index (κ3) is 6.43. The number of aryl methyl sites for hydroxylation is 1. The van der Waals surface area contributed by atoms with Crippen molar-refractivity contribution in [3.8, 4) is 5.75 Å². The lowest BCUT2D eigenvalue weighted by molar-refractivity contribution is -0.143. The van der Waals surface area contributed by atoms with Crippen LogP contribution in [-0.4, -0.2) is 54.9 Å². The van der Waals surface area contributed by atoms with Crippen LogP contribution in [0.15, 0.2) is 18.2 Å². The van der Waals surface area contributed by atoms with Crippen molar-refractivity contribution in [3.05, 3.63) is 29.3 Å². The Morgan fingerprint density at radius 1 is 1.30 bits per heavy atom. The van der Waals surface area contributed by atoms with Crippen LogP contribution in [0, 0.1) is 18.8 Å². The number of carboxylic acid groups (broad SMARTS) is 1. The number of benzene rings is 1. The summed E-state index contributed by atoms with van der Waals surface area (Å²) in [6.45, 7) is 8.64. The first kappa shape index (κ1) is 21.0. The molecule has 1 aliphatic heterocycles. The van der Waals surface area contributed by atoms with Gasteiger partial charge in [-0.05, 0) is 37.8 Å². The monoisotopic (exact) mass is 378 g/mol. The largest absolute Gasteiger partial charge is 0.491 e. The summed E-state index contributed by atoms with van der Waals surface area (Å²) in [6, 6.07) is 5.61. The van der Waals surface area contributed by atoms with Gasteiger partial charge in [-0.25, -0.2) is 4.79 Å². The molecule has 2 atom stereocenters. The van der Waals surface area contributed by atoms with Gasteiger partial charge in [0.15, 0.2) is 0 Å². The molecule has 0 spiro atoms. The third-order valence-corrected chi connectivity index (χ3v) is 4.64. The Bertz CT molecular complexity index is 649. The quantitative estimate of drug-likeness (QED) is 0.679. The molecule has 1 heterocycles. The lowest BCUT2D eigenvalue weighted by Crippen LogP contribution is -2.49. The van der Waals surface area contributed by atoms with Crippen LogP contribution in [0.5, 0.6) is 5.75 Å². The zero-order chi connectivity index (χ0) is 19.8. The summed E-state index contributed by atoms with van der Waals surface area (Å²) in [4.78, 5) is 25.4. The lowest BCUT2D eigenvalue weighted by atomic mass is 9.91. The van der Waals surface area contributed by atoms with Gasteiger partial charge in [0.2, 0.25) is 0 Å². The van der Waals surface area contributed by atoms with Gasteiger partial charge in [0.25, 0.3) is 0 Å². The van der Waals surface area contributed by atoms with Crippen molar-refractivity contribution in [1.82, 2.24) is 10.2 Å². The second-order valence-corrected chi connectivity index (χ2v) is 7.10. The SMILES string of the molecule is CCOCCOc1cc(C)ccc1CNC(=O)N1CC(C)CC(C(=O)O)C1. The molecule has 27 heavy (non-hydrogen) atoms. The van der Waals surface area contributed by atoms with E-state index in [0.717, 1.165) is 16.9 Å². The Morgan fingerprint density at radius 3 is 2.78 bits per heavy atom. The fraction of sp³-hybridized carbons (Fsp3) is 0.600. The van der Waals surface area contributed by atoms with E-state index in [4.69, 9.17) is 9.47 Å². The Labute approximate surface area is 160 Å². The average Bonchev–Trinajstić information content (AvgIpc) is 2.63. The van der Waals surface area contributed by atoms with Crippen LogP contribution in [0.2, 0.25) is 0 Å². The molecule has 1 fully saturated rings. The Morgan fingerprint density at radius 2 is 2.07 bits per heavy atom. The number of carbonyl (C=O) groups excluding carboxylic acids is 1. The second kappa shape index (κ2) is 10.2.